The minimum atomic E-state index is -0.163. The van der Waals surface area contributed by atoms with Gasteiger partial charge in [0.25, 0.3) is 5.91 Å². The Morgan fingerprint density at radius 2 is 2.05 bits per heavy atom. The molecule has 2 rings (SSSR count). The number of halogens is 1. The molecule has 0 radical (unpaired) electrons. The fourth-order valence-electron chi connectivity index (χ4n) is 1.85. The molecule has 0 unspecified atom stereocenters. The summed E-state index contributed by atoms with van der Waals surface area (Å²) in [4.78, 5) is 18.4. The Kier molecular flexibility index (Phi) is 4.39. The summed E-state index contributed by atoms with van der Waals surface area (Å²) < 4.78 is 1.02. The van der Waals surface area contributed by atoms with Gasteiger partial charge in [-0.1, -0.05) is 15.9 Å². The lowest BCUT2D eigenvalue weighted by Gasteiger charge is -2.15. The van der Waals surface area contributed by atoms with Gasteiger partial charge in [0.15, 0.2) is 0 Å². The van der Waals surface area contributed by atoms with E-state index in [-0.39, 0.29) is 5.91 Å². The van der Waals surface area contributed by atoms with E-state index in [2.05, 4.69) is 26.2 Å². The number of rotatable bonds is 3. The molecule has 2 aromatic rings. The Morgan fingerprint density at radius 3 is 2.70 bits per heavy atom. The van der Waals surface area contributed by atoms with Crippen molar-refractivity contribution in [2.24, 2.45) is 0 Å². The minimum Gasteiger partial charge on any atom is -0.362 e. The summed E-state index contributed by atoms with van der Waals surface area (Å²) in [5, 5.41) is 2.90. The number of carbonyl (C=O) groups is 1. The molecule has 5 heteroatoms. The monoisotopic (exact) mass is 333 g/mol. The zero-order valence-corrected chi connectivity index (χ0v) is 13.2. The summed E-state index contributed by atoms with van der Waals surface area (Å²) in [7, 11) is 3.73. The highest BCUT2D eigenvalue weighted by molar-refractivity contribution is 9.10. The topological polar surface area (TPSA) is 45.2 Å². The van der Waals surface area contributed by atoms with E-state index < -0.39 is 0 Å². The third kappa shape index (κ3) is 3.17. The first kappa shape index (κ1) is 14.5. The molecule has 4 nitrogen and oxygen atoms in total. The highest BCUT2D eigenvalue weighted by atomic mass is 79.9. The van der Waals surface area contributed by atoms with Crippen molar-refractivity contribution in [1.29, 1.82) is 0 Å². The van der Waals surface area contributed by atoms with E-state index >= 15 is 0 Å². The van der Waals surface area contributed by atoms with E-state index in [1.807, 2.05) is 44.1 Å². The molecule has 0 spiro atoms. The number of benzene rings is 1. The molecule has 1 aromatic carbocycles. The minimum absolute atomic E-state index is 0.163. The lowest BCUT2D eigenvalue weighted by atomic mass is 10.2. The van der Waals surface area contributed by atoms with Crippen LogP contribution in [0.5, 0.6) is 0 Å². The van der Waals surface area contributed by atoms with Crippen LogP contribution in [0.4, 0.5) is 11.5 Å². The molecule has 0 bridgehead atoms. The molecule has 0 saturated heterocycles. The van der Waals surface area contributed by atoms with Gasteiger partial charge in [-0.2, -0.15) is 0 Å². The van der Waals surface area contributed by atoms with Crippen LogP contribution in [0.2, 0.25) is 0 Å². The molecule has 0 aliphatic rings. The molecule has 0 aliphatic heterocycles. The Morgan fingerprint density at radius 1 is 1.30 bits per heavy atom. The summed E-state index contributed by atoms with van der Waals surface area (Å²) in [5.74, 6) is 0.488. The number of nitrogens with one attached hydrogen (secondary N) is 1. The van der Waals surface area contributed by atoms with E-state index in [0.29, 0.717) is 11.4 Å². The zero-order chi connectivity index (χ0) is 14.7. The lowest BCUT2D eigenvalue weighted by Crippen LogP contribution is -2.19. The van der Waals surface area contributed by atoms with Crippen LogP contribution in [0.25, 0.3) is 0 Å². The van der Waals surface area contributed by atoms with Crippen LogP contribution < -0.4 is 10.2 Å². The van der Waals surface area contributed by atoms with Crippen LogP contribution in [0.3, 0.4) is 0 Å². The van der Waals surface area contributed by atoms with Crippen LogP contribution in [0.1, 0.15) is 15.9 Å². The summed E-state index contributed by atoms with van der Waals surface area (Å²) >= 11 is 3.44. The highest BCUT2D eigenvalue weighted by Crippen LogP contribution is 2.21. The fourth-order valence-corrected chi connectivity index (χ4v) is 2.10. The number of amides is 1. The van der Waals surface area contributed by atoms with Crippen molar-refractivity contribution in [2.75, 3.05) is 24.3 Å². The predicted octanol–water partition coefficient (Wildman–Crippen LogP) is 3.47. The first-order chi connectivity index (χ1) is 9.49. The van der Waals surface area contributed by atoms with Gasteiger partial charge in [0, 0.05) is 30.5 Å². The zero-order valence-electron chi connectivity index (χ0n) is 11.6. The third-order valence-electron chi connectivity index (χ3n) is 2.87. The van der Waals surface area contributed by atoms with Crippen LogP contribution in [-0.4, -0.2) is 25.0 Å². The van der Waals surface area contributed by atoms with E-state index in [9.17, 15) is 4.79 Å². The normalized spacial score (nSPS) is 10.2. The number of carbonyl (C=O) groups excluding carboxylic acids is 1. The molecule has 1 N–H and O–H groups in total. The van der Waals surface area contributed by atoms with Gasteiger partial charge in [0.2, 0.25) is 0 Å². The molecule has 0 saturated carbocycles. The largest absolute Gasteiger partial charge is 0.362 e. The van der Waals surface area contributed by atoms with Gasteiger partial charge in [-0.05, 0) is 42.8 Å². The SMILES string of the molecule is Cc1cc(NC(=O)c2cccnc2N(C)C)ccc1Br. The number of aryl methyl sites for hydroxylation is 1. The summed E-state index contributed by atoms with van der Waals surface area (Å²) in [6.45, 7) is 1.98. The van der Waals surface area contributed by atoms with Gasteiger partial charge in [-0.25, -0.2) is 4.98 Å². The summed E-state index contributed by atoms with van der Waals surface area (Å²) in [5.41, 5.74) is 2.39. The summed E-state index contributed by atoms with van der Waals surface area (Å²) in [6, 6.07) is 9.23. The van der Waals surface area contributed by atoms with E-state index in [1.165, 1.54) is 0 Å². The average Bonchev–Trinajstić information content (AvgIpc) is 2.43. The number of nitrogens with zero attached hydrogens (tertiary/aromatic N) is 2. The first-order valence-corrected chi connectivity index (χ1v) is 6.98. The van der Waals surface area contributed by atoms with Gasteiger partial charge in [0.05, 0.1) is 5.56 Å². The van der Waals surface area contributed by atoms with Crippen molar-refractivity contribution in [3.8, 4) is 0 Å². The van der Waals surface area contributed by atoms with E-state index in [4.69, 9.17) is 0 Å². The molecular formula is C15H16BrN3O. The van der Waals surface area contributed by atoms with Crippen molar-refractivity contribution < 1.29 is 4.79 Å². The summed E-state index contributed by atoms with van der Waals surface area (Å²) in [6.07, 6.45) is 1.68. The molecule has 104 valence electrons. The fraction of sp³-hybridized carbons (Fsp3) is 0.200. The van der Waals surface area contributed by atoms with Crippen LogP contribution in [0, 0.1) is 6.92 Å². The first-order valence-electron chi connectivity index (χ1n) is 6.19. The highest BCUT2D eigenvalue weighted by Gasteiger charge is 2.13. The lowest BCUT2D eigenvalue weighted by molar-refractivity contribution is 0.102. The number of pyridine rings is 1. The molecule has 0 fully saturated rings. The van der Waals surface area contributed by atoms with Crippen LogP contribution in [0.15, 0.2) is 41.0 Å². The Labute approximate surface area is 127 Å². The molecule has 0 atom stereocenters. The maximum atomic E-state index is 12.3. The van der Waals surface area contributed by atoms with Gasteiger partial charge in [-0.15, -0.1) is 0 Å². The second-order valence-electron chi connectivity index (χ2n) is 4.69. The molecule has 1 amide bonds. The molecule has 0 aliphatic carbocycles. The third-order valence-corrected chi connectivity index (χ3v) is 3.76. The predicted molar refractivity (Wildman–Crippen MR) is 85.4 cm³/mol. The van der Waals surface area contributed by atoms with E-state index in [1.54, 1.807) is 18.3 Å². The van der Waals surface area contributed by atoms with Gasteiger partial charge in [0.1, 0.15) is 5.82 Å². The van der Waals surface area contributed by atoms with Gasteiger partial charge >= 0.3 is 0 Å². The van der Waals surface area contributed by atoms with Gasteiger partial charge in [-0.3, -0.25) is 4.79 Å². The Hall–Kier alpha value is -1.88. The van der Waals surface area contributed by atoms with E-state index in [0.717, 1.165) is 15.7 Å². The van der Waals surface area contributed by atoms with Crippen molar-refractivity contribution in [3.05, 3.63) is 52.1 Å². The smallest absolute Gasteiger partial charge is 0.259 e. The van der Waals surface area contributed by atoms with Crippen LogP contribution >= 0.6 is 15.9 Å². The van der Waals surface area contributed by atoms with Gasteiger partial charge < -0.3 is 10.2 Å². The molecule has 20 heavy (non-hydrogen) atoms. The molecule has 1 heterocycles. The molecular weight excluding hydrogens is 318 g/mol. The Bertz CT molecular complexity index is 641. The second-order valence-corrected chi connectivity index (χ2v) is 5.54. The maximum absolute atomic E-state index is 12.3. The van der Waals surface area contributed by atoms with Crippen molar-refractivity contribution in [3.63, 3.8) is 0 Å². The standard InChI is InChI=1S/C15H16BrN3O/c1-10-9-11(6-7-13(10)16)18-15(20)12-5-4-8-17-14(12)19(2)3/h4-9H,1-3H3,(H,18,20). The maximum Gasteiger partial charge on any atom is 0.259 e. The average molecular weight is 334 g/mol. The number of hydrogen-bond acceptors (Lipinski definition) is 3. The Balaban J connectivity index is 2.26. The van der Waals surface area contributed by atoms with Crippen molar-refractivity contribution >= 4 is 33.3 Å². The molecule has 1 aromatic heterocycles. The quantitative estimate of drug-likeness (QED) is 0.935. The number of anilines is 2. The second kappa shape index (κ2) is 6.05. The van der Waals surface area contributed by atoms with Crippen molar-refractivity contribution in [1.82, 2.24) is 4.98 Å². The van der Waals surface area contributed by atoms with Crippen LogP contribution in [-0.2, 0) is 0 Å². The number of aromatic nitrogens is 1. The number of hydrogen-bond donors (Lipinski definition) is 1. The van der Waals surface area contributed by atoms with Crippen molar-refractivity contribution in [2.45, 2.75) is 6.92 Å².